The lowest BCUT2D eigenvalue weighted by atomic mass is 10.1. The molecule has 0 aromatic carbocycles. The second kappa shape index (κ2) is 5.67. The zero-order valence-electron chi connectivity index (χ0n) is 8.59. The molecule has 2 rings (SSSR count). The van der Waals surface area contributed by atoms with Gasteiger partial charge in [0.25, 0.3) is 0 Å². The summed E-state index contributed by atoms with van der Waals surface area (Å²) in [5, 5.41) is 2.14. The number of rotatable bonds is 4. The standard InChI is InChI=1S/C11H15BrClNS/c12-10-3-6-15-11(10)8-14-5-2-9(7-14)1-4-13/h3,6,9H,1-2,4-5,7-8H2. The van der Waals surface area contributed by atoms with Gasteiger partial charge in [-0.25, -0.2) is 0 Å². The Labute approximate surface area is 109 Å². The van der Waals surface area contributed by atoms with Crippen molar-refractivity contribution >= 4 is 38.9 Å². The first-order valence-electron chi connectivity index (χ1n) is 5.30. The third-order valence-electron chi connectivity index (χ3n) is 2.95. The van der Waals surface area contributed by atoms with Crippen LogP contribution in [-0.2, 0) is 6.54 Å². The molecular formula is C11H15BrClNS. The van der Waals surface area contributed by atoms with Crippen LogP contribution in [0.3, 0.4) is 0 Å². The first-order valence-corrected chi connectivity index (χ1v) is 7.50. The van der Waals surface area contributed by atoms with Crippen molar-refractivity contribution in [1.82, 2.24) is 4.90 Å². The van der Waals surface area contributed by atoms with Gasteiger partial charge in [0.2, 0.25) is 0 Å². The van der Waals surface area contributed by atoms with Crippen molar-refractivity contribution in [3.8, 4) is 0 Å². The van der Waals surface area contributed by atoms with Gasteiger partial charge in [0.05, 0.1) is 0 Å². The Morgan fingerprint density at radius 2 is 2.47 bits per heavy atom. The Bertz CT molecular complexity index is 315. The van der Waals surface area contributed by atoms with Crippen molar-refractivity contribution in [3.05, 3.63) is 20.8 Å². The SMILES string of the molecule is ClCCC1CCN(Cc2sccc2Br)C1. The van der Waals surface area contributed by atoms with Gasteiger partial charge in [-0.15, -0.1) is 22.9 Å². The molecule has 15 heavy (non-hydrogen) atoms. The van der Waals surface area contributed by atoms with Crippen molar-refractivity contribution in [3.63, 3.8) is 0 Å². The van der Waals surface area contributed by atoms with E-state index in [1.165, 1.54) is 35.3 Å². The third kappa shape index (κ3) is 3.19. The van der Waals surface area contributed by atoms with E-state index in [1.54, 1.807) is 0 Å². The normalized spacial score (nSPS) is 22.4. The Balaban J connectivity index is 1.85. The first kappa shape index (κ1) is 11.9. The zero-order chi connectivity index (χ0) is 10.7. The molecule has 84 valence electrons. The fraction of sp³-hybridized carbons (Fsp3) is 0.636. The van der Waals surface area contributed by atoms with Gasteiger partial charge >= 0.3 is 0 Å². The summed E-state index contributed by atoms with van der Waals surface area (Å²) < 4.78 is 1.26. The molecule has 4 heteroatoms. The van der Waals surface area contributed by atoms with Crippen LogP contribution >= 0.6 is 38.9 Å². The van der Waals surface area contributed by atoms with Crippen LogP contribution in [0.5, 0.6) is 0 Å². The van der Waals surface area contributed by atoms with Crippen LogP contribution in [0.25, 0.3) is 0 Å². The largest absolute Gasteiger partial charge is 0.298 e. The first-order chi connectivity index (χ1) is 7.29. The topological polar surface area (TPSA) is 3.24 Å². The zero-order valence-corrected chi connectivity index (χ0v) is 11.7. The maximum Gasteiger partial charge on any atom is 0.0339 e. The Morgan fingerprint density at radius 1 is 1.60 bits per heavy atom. The number of thiophene rings is 1. The summed E-state index contributed by atoms with van der Waals surface area (Å²) in [6, 6.07) is 2.13. The smallest absolute Gasteiger partial charge is 0.0339 e. The monoisotopic (exact) mass is 307 g/mol. The number of hydrogen-bond donors (Lipinski definition) is 0. The number of nitrogens with zero attached hydrogens (tertiary/aromatic N) is 1. The second-order valence-electron chi connectivity index (χ2n) is 4.06. The minimum Gasteiger partial charge on any atom is -0.298 e. The Kier molecular flexibility index (Phi) is 4.50. The summed E-state index contributed by atoms with van der Waals surface area (Å²) in [6.07, 6.45) is 2.49. The van der Waals surface area contributed by atoms with E-state index in [4.69, 9.17) is 11.6 Å². The lowest BCUT2D eigenvalue weighted by molar-refractivity contribution is 0.317. The predicted octanol–water partition coefficient (Wildman–Crippen LogP) is 3.96. The molecule has 0 amide bonds. The highest BCUT2D eigenvalue weighted by atomic mass is 79.9. The summed E-state index contributed by atoms with van der Waals surface area (Å²) in [6.45, 7) is 3.54. The van der Waals surface area contributed by atoms with Crippen LogP contribution in [0, 0.1) is 5.92 Å². The van der Waals surface area contributed by atoms with Crippen molar-refractivity contribution in [2.45, 2.75) is 19.4 Å². The lowest BCUT2D eigenvalue weighted by Crippen LogP contribution is -2.19. The molecule has 0 spiro atoms. The van der Waals surface area contributed by atoms with Gasteiger partial charge in [0, 0.05) is 28.3 Å². The summed E-state index contributed by atoms with van der Waals surface area (Å²) in [5.74, 6) is 1.63. The average molecular weight is 309 g/mol. The molecule has 1 unspecified atom stereocenters. The summed E-state index contributed by atoms with van der Waals surface area (Å²) >= 11 is 11.2. The molecule has 1 nitrogen and oxygen atoms in total. The van der Waals surface area contributed by atoms with E-state index in [0.717, 1.165) is 18.3 Å². The van der Waals surface area contributed by atoms with Gasteiger partial charge in [-0.05, 0) is 52.7 Å². The molecule has 1 fully saturated rings. The van der Waals surface area contributed by atoms with Gasteiger partial charge < -0.3 is 0 Å². The highest BCUT2D eigenvalue weighted by Crippen LogP contribution is 2.27. The highest BCUT2D eigenvalue weighted by molar-refractivity contribution is 9.10. The summed E-state index contributed by atoms with van der Waals surface area (Å²) in [5.41, 5.74) is 0. The van der Waals surface area contributed by atoms with E-state index >= 15 is 0 Å². The molecule has 0 radical (unpaired) electrons. The summed E-state index contributed by atoms with van der Waals surface area (Å²) in [7, 11) is 0. The molecule has 0 bridgehead atoms. The Hall–Kier alpha value is 0.430. The van der Waals surface area contributed by atoms with Gasteiger partial charge in [0.15, 0.2) is 0 Å². The van der Waals surface area contributed by atoms with E-state index in [2.05, 4.69) is 32.3 Å². The molecule has 1 aromatic heterocycles. The van der Waals surface area contributed by atoms with Gasteiger partial charge in [-0.2, -0.15) is 0 Å². The van der Waals surface area contributed by atoms with E-state index in [0.29, 0.717) is 0 Å². The molecule has 1 saturated heterocycles. The molecule has 1 atom stereocenters. The van der Waals surface area contributed by atoms with Crippen LogP contribution in [0.15, 0.2) is 15.9 Å². The Morgan fingerprint density at radius 3 is 3.13 bits per heavy atom. The molecule has 0 saturated carbocycles. The van der Waals surface area contributed by atoms with Crippen LogP contribution in [0.2, 0.25) is 0 Å². The summed E-state index contributed by atoms with van der Waals surface area (Å²) in [4.78, 5) is 3.98. The highest BCUT2D eigenvalue weighted by Gasteiger charge is 2.22. The number of hydrogen-bond acceptors (Lipinski definition) is 2. The minimum absolute atomic E-state index is 0.807. The van der Waals surface area contributed by atoms with Gasteiger partial charge in [-0.3, -0.25) is 4.90 Å². The number of alkyl halides is 1. The van der Waals surface area contributed by atoms with E-state index in [9.17, 15) is 0 Å². The number of likely N-dealkylation sites (tertiary alicyclic amines) is 1. The van der Waals surface area contributed by atoms with Gasteiger partial charge in [-0.1, -0.05) is 0 Å². The fourth-order valence-corrected chi connectivity index (χ4v) is 3.92. The predicted molar refractivity (Wildman–Crippen MR) is 70.7 cm³/mol. The average Bonchev–Trinajstić information content (AvgIpc) is 2.79. The molecule has 0 aliphatic carbocycles. The van der Waals surface area contributed by atoms with E-state index in [-0.39, 0.29) is 0 Å². The molecule has 1 aromatic rings. The van der Waals surface area contributed by atoms with Gasteiger partial charge in [0.1, 0.15) is 0 Å². The lowest BCUT2D eigenvalue weighted by Gasteiger charge is -2.14. The molecule has 0 N–H and O–H groups in total. The van der Waals surface area contributed by atoms with Crippen molar-refractivity contribution in [2.24, 2.45) is 5.92 Å². The molecule has 1 aliphatic rings. The van der Waals surface area contributed by atoms with Crippen LogP contribution < -0.4 is 0 Å². The minimum atomic E-state index is 0.807. The van der Waals surface area contributed by atoms with E-state index in [1.807, 2.05) is 11.3 Å². The van der Waals surface area contributed by atoms with Crippen molar-refractivity contribution < 1.29 is 0 Å². The fourth-order valence-electron chi connectivity index (χ4n) is 2.09. The maximum atomic E-state index is 5.77. The van der Waals surface area contributed by atoms with Crippen LogP contribution in [0.4, 0.5) is 0 Å². The third-order valence-corrected chi connectivity index (χ3v) is 5.07. The van der Waals surface area contributed by atoms with Crippen LogP contribution in [0.1, 0.15) is 17.7 Å². The second-order valence-corrected chi connectivity index (χ2v) is 6.29. The molecule has 1 aliphatic heterocycles. The molecular weight excluding hydrogens is 294 g/mol. The number of halogens is 2. The van der Waals surface area contributed by atoms with E-state index < -0.39 is 0 Å². The van der Waals surface area contributed by atoms with Crippen molar-refractivity contribution in [1.29, 1.82) is 0 Å². The van der Waals surface area contributed by atoms with Crippen LogP contribution in [-0.4, -0.2) is 23.9 Å². The molecule has 2 heterocycles. The van der Waals surface area contributed by atoms with Crippen molar-refractivity contribution in [2.75, 3.05) is 19.0 Å². The quantitative estimate of drug-likeness (QED) is 0.761. The maximum absolute atomic E-state index is 5.77.